The number of hydrogen-bond donors (Lipinski definition) is 1. The molecular formula is C9H9BrN4OS. The molecule has 2 aromatic rings. The lowest BCUT2D eigenvalue weighted by molar-refractivity contribution is 0.0956. The van der Waals surface area contributed by atoms with Crippen LogP contribution in [-0.4, -0.2) is 27.4 Å². The zero-order valence-corrected chi connectivity index (χ0v) is 10.7. The standard InChI is InChI=1S/C9H9BrN4OS/c10-8-2-1-7(16-8)9(15)11-3-5-14-6-4-12-13-14/h1-2,4,6H,3,5H2,(H,11,15). The van der Waals surface area contributed by atoms with Crippen molar-refractivity contribution < 1.29 is 4.79 Å². The van der Waals surface area contributed by atoms with E-state index in [1.165, 1.54) is 11.3 Å². The van der Waals surface area contributed by atoms with Crippen LogP contribution in [-0.2, 0) is 6.54 Å². The number of nitrogens with zero attached hydrogens (tertiary/aromatic N) is 3. The molecule has 5 nitrogen and oxygen atoms in total. The van der Waals surface area contributed by atoms with Crippen molar-refractivity contribution in [2.24, 2.45) is 0 Å². The molecule has 0 aliphatic carbocycles. The first kappa shape index (κ1) is 11.3. The number of hydrogen-bond acceptors (Lipinski definition) is 4. The summed E-state index contributed by atoms with van der Waals surface area (Å²) in [5.74, 6) is -0.0594. The third-order valence-corrected chi connectivity index (χ3v) is 3.52. The molecule has 0 saturated carbocycles. The maximum Gasteiger partial charge on any atom is 0.261 e. The first-order valence-electron chi connectivity index (χ1n) is 4.63. The lowest BCUT2D eigenvalue weighted by atomic mass is 10.4. The maximum atomic E-state index is 11.6. The zero-order valence-electron chi connectivity index (χ0n) is 8.26. The first-order valence-corrected chi connectivity index (χ1v) is 6.24. The molecule has 0 atom stereocenters. The smallest absolute Gasteiger partial charge is 0.261 e. The summed E-state index contributed by atoms with van der Waals surface area (Å²) in [6.45, 7) is 1.16. The second-order valence-corrected chi connectivity index (χ2v) is 5.49. The van der Waals surface area contributed by atoms with Crippen LogP contribution in [0.3, 0.4) is 0 Å². The Labute approximate surface area is 105 Å². The highest BCUT2D eigenvalue weighted by Crippen LogP contribution is 2.21. The SMILES string of the molecule is O=C(NCCn1ccnn1)c1ccc(Br)s1. The van der Waals surface area contributed by atoms with Gasteiger partial charge < -0.3 is 5.32 Å². The fraction of sp³-hybridized carbons (Fsp3) is 0.222. The second-order valence-electron chi connectivity index (χ2n) is 3.03. The van der Waals surface area contributed by atoms with Gasteiger partial charge >= 0.3 is 0 Å². The monoisotopic (exact) mass is 300 g/mol. The number of halogens is 1. The van der Waals surface area contributed by atoms with Crippen LogP contribution >= 0.6 is 27.3 Å². The van der Waals surface area contributed by atoms with Gasteiger partial charge in [-0.3, -0.25) is 9.48 Å². The molecule has 1 amide bonds. The van der Waals surface area contributed by atoms with E-state index < -0.39 is 0 Å². The molecule has 0 aliphatic rings. The Morgan fingerprint density at radius 2 is 2.44 bits per heavy atom. The highest BCUT2D eigenvalue weighted by molar-refractivity contribution is 9.11. The van der Waals surface area contributed by atoms with E-state index >= 15 is 0 Å². The van der Waals surface area contributed by atoms with E-state index in [-0.39, 0.29) is 5.91 Å². The Morgan fingerprint density at radius 1 is 1.56 bits per heavy atom. The predicted molar refractivity (Wildman–Crippen MR) is 64.4 cm³/mol. The van der Waals surface area contributed by atoms with E-state index in [4.69, 9.17) is 0 Å². The van der Waals surface area contributed by atoms with Gasteiger partial charge in [0.25, 0.3) is 5.91 Å². The van der Waals surface area contributed by atoms with E-state index in [0.717, 1.165) is 3.79 Å². The molecule has 0 fully saturated rings. The summed E-state index contributed by atoms with van der Waals surface area (Å²) >= 11 is 4.73. The molecule has 84 valence electrons. The molecule has 0 radical (unpaired) electrons. The van der Waals surface area contributed by atoms with Gasteiger partial charge in [0.15, 0.2) is 0 Å². The van der Waals surface area contributed by atoms with Gasteiger partial charge in [0.05, 0.1) is 21.4 Å². The lowest BCUT2D eigenvalue weighted by Gasteiger charge is -2.02. The molecule has 2 aromatic heterocycles. The second kappa shape index (κ2) is 5.22. The van der Waals surface area contributed by atoms with E-state index in [1.54, 1.807) is 23.1 Å². The number of carbonyl (C=O) groups is 1. The molecule has 0 spiro atoms. The lowest BCUT2D eigenvalue weighted by Crippen LogP contribution is -2.26. The molecule has 0 saturated heterocycles. The van der Waals surface area contributed by atoms with Gasteiger partial charge in [0, 0.05) is 12.7 Å². The minimum absolute atomic E-state index is 0.0594. The summed E-state index contributed by atoms with van der Waals surface area (Å²) < 4.78 is 2.62. The Balaban J connectivity index is 1.80. The number of thiophene rings is 1. The van der Waals surface area contributed by atoms with Crippen molar-refractivity contribution in [2.45, 2.75) is 6.54 Å². The number of carbonyl (C=O) groups excluding carboxylic acids is 1. The first-order chi connectivity index (χ1) is 7.75. The fourth-order valence-electron chi connectivity index (χ4n) is 1.16. The predicted octanol–water partition coefficient (Wildman–Crippen LogP) is 1.53. The van der Waals surface area contributed by atoms with E-state index in [9.17, 15) is 4.79 Å². The quantitative estimate of drug-likeness (QED) is 0.931. The van der Waals surface area contributed by atoms with Gasteiger partial charge in [0.2, 0.25) is 0 Å². The Bertz CT molecular complexity index is 468. The molecule has 2 heterocycles. The van der Waals surface area contributed by atoms with Crippen molar-refractivity contribution in [3.8, 4) is 0 Å². The average molecular weight is 301 g/mol. The van der Waals surface area contributed by atoms with Gasteiger partial charge in [-0.05, 0) is 28.1 Å². The highest BCUT2D eigenvalue weighted by atomic mass is 79.9. The van der Waals surface area contributed by atoms with Crippen molar-refractivity contribution in [3.05, 3.63) is 33.2 Å². The van der Waals surface area contributed by atoms with Crippen molar-refractivity contribution in [1.29, 1.82) is 0 Å². The molecule has 16 heavy (non-hydrogen) atoms. The minimum atomic E-state index is -0.0594. The number of nitrogens with one attached hydrogen (secondary N) is 1. The topological polar surface area (TPSA) is 59.8 Å². The highest BCUT2D eigenvalue weighted by Gasteiger charge is 2.07. The van der Waals surface area contributed by atoms with Gasteiger partial charge in [-0.15, -0.1) is 16.4 Å². The molecule has 2 rings (SSSR count). The summed E-state index contributed by atoms with van der Waals surface area (Å²) in [5.41, 5.74) is 0. The van der Waals surface area contributed by atoms with Gasteiger partial charge in [-0.25, -0.2) is 0 Å². The Kier molecular flexibility index (Phi) is 3.68. The largest absolute Gasteiger partial charge is 0.349 e. The van der Waals surface area contributed by atoms with Crippen molar-refractivity contribution >= 4 is 33.2 Å². The molecule has 0 aromatic carbocycles. The summed E-state index contributed by atoms with van der Waals surface area (Å²) in [6.07, 6.45) is 3.37. The number of rotatable bonds is 4. The van der Waals surface area contributed by atoms with Crippen LogP contribution in [0.4, 0.5) is 0 Å². The van der Waals surface area contributed by atoms with Crippen LogP contribution in [0.2, 0.25) is 0 Å². The maximum absolute atomic E-state index is 11.6. The summed E-state index contributed by atoms with van der Waals surface area (Å²) in [7, 11) is 0. The molecule has 1 N–H and O–H groups in total. The third-order valence-electron chi connectivity index (χ3n) is 1.90. The van der Waals surface area contributed by atoms with Gasteiger partial charge in [0.1, 0.15) is 0 Å². The van der Waals surface area contributed by atoms with E-state index in [0.29, 0.717) is 18.0 Å². The average Bonchev–Trinajstić information content (AvgIpc) is 2.89. The molecule has 0 unspecified atom stereocenters. The van der Waals surface area contributed by atoms with Gasteiger partial charge in [-0.2, -0.15) is 0 Å². The van der Waals surface area contributed by atoms with E-state index in [2.05, 4.69) is 31.6 Å². The van der Waals surface area contributed by atoms with Crippen LogP contribution in [0.5, 0.6) is 0 Å². The van der Waals surface area contributed by atoms with Gasteiger partial charge in [-0.1, -0.05) is 5.21 Å². The molecule has 0 bridgehead atoms. The van der Waals surface area contributed by atoms with E-state index in [1.807, 2.05) is 6.07 Å². The number of aromatic nitrogens is 3. The summed E-state index contributed by atoms with van der Waals surface area (Å²) in [4.78, 5) is 12.3. The van der Waals surface area contributed by atoms with Crippen LogP contribution in [0, 0.1) is 0 Å². The molecule has 0 aliphatic heterocycles. The normalized spacial score (nSPS) is 10.3. The summed E-state index contributed by atoms with van der Waals surface area (Å²) in [5, 5.41) is 10.3. The van der Waals surface area contributed by atoms with Crippen molar-refractivity contribution in [1.82, 2.24) is 20.3 Å². The zero-order chi connectivity index (χ0) is 11.4. The summed E-state index contributed by atoms with van der Waals surface area (Å²) in [6, 6.07) is 3.65. The number of amides is 1. The Hall–Kier alpha value is -1.21. The van der Waals surface area contributed by atoms with Crippen molar-refractivity contribution in [3.63, 3.8) is 0 Å². The van der Waals surface area contributed by atoms with Crippen LogP contribution in [0.15, 0.2) is 28.3 Å². The van der Waals surface area contributed by atoms with Crippen LogP contribution < -0.4 is 5.32 Å². The minimum Gasteiger partial charge on any atom is -0.349 e. The molecule has 7 heteroatoms. The van der Waals surface area contributed by atoms with Crippen LogP contribution in [0.1, 0.15) is 9.67 Å². The Morgan fingerprint density at radius 3 is 3.06 bits per heavy atom. The molecular weight excluding hydrogens is 292 g/mol. The van der Waals surface area contributed by atoms with Crippen molar-refractivity contribution in [2.75, 3.05) is 6.54 Å². The van der Waals surface area contributed by atoms with Crippen LogP contribution in [0.25, 0.3) is 0 Å². The fourth-order valence-corrected chi connectivity index (χ4v) is 2.46. The third kappa shape index (κ3) is 2.89.